The van der Waals surface area contributed by atoms with Crippen molar-refractivity contribution in [3.63, 3.8) is 0 Å². The zero-order valence-corrected chi connectivity index (χ0v) is 13.1. The molecule has 1 aromatic carbocycles. The smallest absolute Gasteiger partial charge is 0.197 e. The predicted octanol–water partition coefficient (Wildman–Crippen LogP) is 4.74. The van der Waals surface area contributed by atoms with Crippen molar-refractivity contribution in [3.05, 3.63) is 59.4 Å². The Morgan fingerprint density at radius 3 is 2.64 bits per heavy atom. The number of benzene rings is 1. The molecule has 2 heterocycles. The lowest BCUT2D eigenvalue weighted by Gasteiger charge is -2.24. The van der Waals surface area contributed by atoms with Gasteiger partial charge in [-0.25, -0.2) is 4.39 Å². The summed E-state index contributed by atoms with van der Waals surface area (Å²) in [7, 11) is 0. The van der Waals surface area contributed by atoms with Gasteiger partial charge in [0.1, 0.15) is 5.82 Å². The molecule has 1 saturated heterocycles. The van der Waals surface area contributed by atoms with Crippen molar-refractivity contribution in [2.24, 2.45) is 0 Å². The van der Waals surface area contributed by atoms with E-state index >= 15 is 0 Å². The first kappa shape index (κ1) is 15.0. The average molecular weight is 315 g/mol. The van der Waals surface area contributed by atoms with Crippen LogP contribution in [0.15, 0.2) is 48.7 Å². The number of carbonyl (C=O) groups excluding carboxylic acids is 1. The van der Waals surface area contributed by atoms with Gasteiger partial charge in [-0.15, -0.1) is 11.3 Å². The number of thiophene rings is 1. The summed E-state index contributed by atoms with van der Waals surface area (Å²) in [4.78, 5) is 15.8. The average Bonchev–Trinajstić information content (AvgIpc) is 3.04. The van der Waals surface area contributed by atoms with Crippen molar-refractivity contribution in [2.75, 3.05) is 13.1 Å². The second kappa shape index (κ2) is 6.88. The van der Waals surface area contributed by atoms with E-state index in [1.165, 1.54) is 36.7 Å². The molecule has 0 aliphatic carbocycles. The monoisotopic (exact) mass is 315 g/mol. The van der Waals surface area contributed by atoms with Gasteiger partial charge in [0, 0.05) is 35.8 Å². The summed E-state index contributed by atoms with van der Waals surface area (Å²) in [5, 5.41) is 0. The Balaban J connectivity index is 1.72. The lowest BCUT2D eigenvalue weighted by Crippen LogP contribution is -2.24. The number of likely N-dealkylation sites (tertiary alicyclic amines) is 1. The summed E-state index contributed by atoms with van der Waals surface area (Å²) in [6, 6.07) is 10.2. The molecule has 0 spiro atoms. The van der Waals surface area contributed by atoms with Gasteiger partial charge in [0.2, 0.25) is 0 Å². The quantitative estimate of drug-likeness (QED) is 0.600. The Hall–Kier alpha value is -1.94. The van der Waals surface area contributed by atoms with Crippen LogP contribution in [0.3, 0.4) is 0 Å². The van der Waals surface area contributed by atoms with E-state index in [9.17, 15) is 9.18 Å². The maximum absolute atomic E-state index is 13.8. The number of nitrogens with zero attached hydrogens (tertiary/aromatic N) is 1. The Morgan fingerprint density at radius 1 is 1.09 bits per heavy atom. The number of allylic oxidation sites excluding steroid dienone is 1. The second-order valence-corrected chi connectivity index (χ2v) is 6.50. The molecule has 22 heavy (non-hydrogen) atoms. The lowest BCUT2D eigenvalue weighted by molar-refractivity contribution is 0.104. The van der Waals surface area contributed by atoms with E-state index in [1.54, 1.807) is 30.3 Å². The van der Waals surface area contributed by atoms with Crippen molar-refractivity contribution in [3.8, 4) is 10.4 Å². The van der Waals surface area contributed by atoms with Crippen LogP contribution < -0.4 is 0 Å². The van der Waals surface area contributed by atoms with E-state index < -0.39 is 0 Å². The summed E-state index contributed by atoms with van der Waals surface area (Å²) in [6.07, 6.45) is 7.17. The highest BCUT2D eigenvalue weighted by atomic mass is 32.1. The molecule has 0 N–H and O–H groups in total. The maximum Gasteiger partial charge on any atom is 0.197 e. The Kier molecular flexibility index (Phi) is 4.68. The summed E-state index contributed by atoms with van der Waals surface area (Å²) in [6.45, 7) is 2.05. The SMILES string of the molecule is O=C(C=CN1CCCCC1)c1ccc(-c2ccccc2F)s1. The largest absolute Gasteiger partial charge is 0.377 e. The van der Waals surface area contributed by atoms with Crippen LogP contribution in [0.1, 0.15) is 28.9 Å². The van der Waals surface area contributed by atoms with Crippen LogP contribution in [0.4, 0.5) is 4.39 Å². The minimum atomic E-state index is -0.257. The summed E-state index contributed by atoms with van der Waals surface area (Å²) < 4.78 is 13.8. The van der Waals surface area contributed by atoms with Gasteiger partial charge in [-0.2, -0.15) is 0 Å². The topological polar surface area (TPSA) is 20.3 Å². The number of piperidine rings is 1. The molecule has 2 nitrogen and oxygen atoms in total. The molecule has 1 fully saturated rings. The number of hydrogen-bond acceptors (Lipinski definition) is 3. The molecular formula is C18H18FNOS. The van der Waals surface area contributed by atoms with Gasteiger partial charge in [-0.1, -0.05) is 18.2 Å². The van der Waals surface area contributed by atoms with Gasteiger partial charge in [0.15, 0.2) is 5.78 Å². The molecule has 0 saturated carbocycles. The highest BCUT2D eigenvalue weighted by molar-refractivity contribution is 7.17. The maximum atomic E-state index is 13.8. The number of rotatable bonds is 4. The summed E-state index contributed by atoms with van der Waals surface area (Å²) in [5.41, 5.74) is 0.548. The fraction of sp³-hybridized carbons (Fsp3) is 0.278. The summed E-state index contributed by atoms with van der Waals surface area (Å²) >= 11 is 1.34. The van der Waals surface area contributed by atoms with Crippen LogP contribution >= 0.6 is 11.3 Å². The molecule has 1 aromatic heterocycles. The van der Waals surface area contributed by atoms with E-state index in [4.69, 9.17) is 0 Å². The molecule has 0 unspecified atom stereocenters. The fourth-order valence-electron chi connectivity index (χ4n) is 2.60. The van der Waals surface area contributed by atoms with Crippen LogP contribution in [0.25, 0.3) is 10.4 Å². The third kappa shape index (κ3) is 3.45. The van der Waals surface area contributed by atoms with Crippen molar-refractivity contribution in [1.82, 2.24) is 4.90 Å². The number of halogens is 1. The van der Waals surface area contributed by atoms with Crippen LogP contribution in [0.5, 0.6) is 0 Å². The van der Waals surface area contributed by atoms with Gasteiger partial charge in [-0.3, -0.25) is 4.79 Å². The van der Waals surface area contributed by atoms with Crippen molar-refractivity contribution < 1.29 is 9.18 Å². The van der Waals surface area contributed by atoms with E-state index in [2.05, 4.69) is 4.90 Å². The van der Waals surface area contributed by atoms with E-state index in [1.807, 2.05) is 12.3 Å². The first-order valence-corrected chi connectivity index (χ1v) is 8.37. The molecule has 1 aliphatic heterocycles. The Bertz CT molecular complexity index is 686. The van der Waals surface area contributed by atoms with Gasteiger partial charge < -0.3 is 4.90 Å². The normalized spacial score (nSPS) is 15.4. The number of carbonyl (C=O) groups is 1. The highest BCUT2D eigenvalue weighted by Crippen LogP contribution is 2.30. The van der Waals surface area contributed by atoms with Crippen LogP contribution in [-0.4, -0.2) is 23.8 Å². The molecule has 0 atom stereocenters. The Morgan fingerprint density at radius 2 is 1.86 bits per heavy atom. The fourth-order valence-corrected chi connectivity index (χ4v) is 3.55. The predicted molar refractivity (Wildman–Crippen MR) is 88.6 cm³/mol. The molecule has 0 amide bonds. The van der Waals surface area contributed by atoms with Gasteiger partial charge >= 0.3 is 0 Å². The minimum Gasteiger partial charge on any atom is -0.377 e. The molecule has 2 aromatic rings. The zero-order valence-electron chi connectivity index (χ0n) is 12.3. The third-order valence-electron chi connectivity index (χ3n) is 3.82. The van der Waals surface area contributed by atoms with E-state index in [0.717, 1.165) is 18.0 Å². The molecular weight excluding hydrogens is 297 g/mol. The van der Waals surface area contributed by atoms with Crippen LogP contribution in [0, 0.1) is 5.82 Å². The van der Waals surface area contributed by atoms with Crippen molar-refractivity contribution in [2.45, 2.75) is 19.3 Å². The summed E-state index contributed by atoms with van der Waals surface area (Å²) in [5.74, 6) is -0.273. The van der Waals surface area contributed by atoms with Gasteiger partial charge in [-0.05, 0) is 37.5 Å². The number of hydrogen-bond donors (Lipinski definition) is 0. The number of ketones is 1. The Labute approximate surface area is 133 Å². The second-order valence-electron chi connectivity index (χ2n) is 5.42. The first-order chi connectivity index (χ1) is 10.7. The highest BCUT2D eigenvalue weighted by Gasteiger charge is 2.11. The lowest BCUT2D eigenvalue weighted by atomic mass is 10.1. The van der Waals surface area contributed by atoms with E-state index in [-0.39, 0.29) is 11.6 Å². The molecule has 1 aliphatic rings. The molecule has 3 rings (SSSR count). The van der Waals surface area contributed by atoms with Crippen LogP contribution in [0.2, 0.25) is 0 Å². The standard InChI is InChI=1S/C18H18FNOS/c19-15-7-3-2-6-14(15)17-8-9-18(22-17)16(21)10-13-20-11-4-1-5-12-20/h2-3,6-10,13H,1,4-5,11-12H2. The molecule has 114 valence electrons. The van der Waals surface area contributed by atoms with Crippen molar-refractivity contribution in [1.29, 1.82) is 0 Å². The van der Waals surface area contributed by atoms with Crippen LogP contribution in [-0.2, 0) is 0 Å². The minimum absolute atomic E-state index is 0.0156. The molecule has 4 heteroatoms. The zero-order chi connectivity index (χ0) is 15.4. The van der Waals surface area contributed by atoms with Gasteiger partial charge in [0.05, 0.1) is 4.88 Å². The van der Waals surface area contributed by atoms with Gasteiger partial charge in [0.25, 0.3) is 0 Å². The molecule has 0 radical (unpaired) electrons. The van der Waals surface area contributed by atoms with E-state index in [0.29, 0.717) is 10.4 Å². The van der Waals surface area contributed by atoms with Crippen molar-refractivity contribution >= 4 is 17.1 Å². The first-order valence-electron chi connectivity index (χ1n) is 7.55. The third-order valence-corrected chi connectivity index (χ3v) is 4.95. The molecule has 0 bridgehead atoms.